The van der Waals surface area contributed by atoms with Crippen LogP contribution >= 0.6 is 22.7 Å². The first kappa shape index (κ1) is 14.3. The Balaban J connectivity index is 1.86. The van der Waals surface area contributed by atoms with E-state index in [0.717, 1.165) is 9.75 Å². The van der Waals surface area contributed by atoms with Gasteiger partial charge in [0.1, 0.15) is 6.10 Å². The first-order valence-corrected chi connectivity index (χ1v) is 8.98. The molecule has 0 amide bonds. The summed E-state index contributed by atoms with van der Waals surface area (Å²) >= 11 is 3.56. The van der Waals surface area contributed by atoms with Crippen molar-refractivity contribution in [2.75, 3.05) is 0 Å². The maximum atomic E-state index is 10.6. The van der Waals surface area contributed by atoms with Crippen molar-refractivity contribution in [3.8, 4) is 0 Å². The highest BCUT2D eigenvalue weighted by molar-refractivity contribution is 7.13. The fourth-order valence-corrected chi connectivity index (χ4v) is 5.10. The molecule has 1 unspecified atom stereocenters. The van der Waals surface area contributed by atoms with Gasteiger partial charge in [-0.1, -0.05) is 20.8 Å². The van der Waals surface area contributed by atoms with Crippen LogP contribution in [0.25, 0.3) is 0 Å². The Bertz CT molecular complexity index is 577. The van der Waals surface area contributed by atoms with E-state index in [-0.39, 0.29) is 5.41 Å². The lowest BCUT2D eigenvalue weighted by atomic mass is 9.95. The van der Waals surface area contributed by atoms with E-state index < -0.39 is 6.10 Å². The van der Waals surface area contributed by atoms with E-state index in [2.05, 4.69) is 39.0 Å². The second-order valence-corrected chi connectivity index (χ2v) is 8.94. The molecule has 0 saturated heterocycles. The minimum absolute atomic E-state index is 0.164. The first-order chi connectivity index (χ1) is 9.45. The number of thiophene rings is 2. The lowest BCUT2D eigenvalue weighted by Gasteiger charge is -2.15. The van der Waals surface area contributed by atoms with Gasteiger partial charge in [-0.2, -0.15) is 0 Å². The molecule has 2 heterocycles. The number of hydrogen-bond acceptors (Lipinski definition) is 3. The average Bonchev–Trinajstić information content (AvgIpc) is 3.04. The Labute approximate surface area is 129 Å². The van der Waals surface area contributed by atoms with Gasteiger partial charge in [0.15, 0.2) is 0 Å². The van der Waals surface area contributed by atoms with E-state index in [9.17, 15) is 5.11 Å². The molecule has 2 aromatic rings. The molecule has 20 heavy (non-hydrogen) atoms. The zero-order valence-electron chi connectivity index (χ0n) is 12.4. The van der Waals surface area contributed by atoms with Crippen LogP contribution < -0.4 is 0 Å². The van der Waals surface area contributed by atoms with Crippen LogP contribution in [0.4, 0.5) is 0 Å². The Kier molecular flexibility index (Phi) is 3.78. The van der Waals surface area contributed by atoms with Gasteiger partial charge in [0.05, 0.1) is 0 Å². The third-order valence-electron chi connectivity index (χ3n) is 3.92. The fraction of sp³-hybridized carbons (Fsp3) is 0.529. The Morgan fingerprint density at radius 1 is 1.05 bits per heavy atom. The van der Waals surface area contributed by atoms with Crippen LogP contribution in [0.3, 0.4) is 0 Å². The van der Waals surface area contributed by atoms with Crippen LogP contribution in [0.15, 0.2) is 18.2 Å². The maximum absolute atomic E-state index is 10.6. The predicted molar refractivity (Wildman–Crippen MR) is 88.0 cm³/mol. The minimum atomic E-state index is -0.438. The molecular formula is C17H22OS2. The van der Waals surface area contributed by atoms with Crippen LogP contribution in [-0.4, -0.2) is 5.11 Å². The van der Waals surface area contributed by atoms with Gasteiger partial charge in [0.25, 0.3) is 0 Å². The zero-order chi connectivity index (χ0) is 14.3. The maximum Gasteiger partial charge on any atom is 0.122 e. The molecule has 1 N–H and O–H groups in total. The van der Waals surface area contributed by atoms with Crippen LogP contribution in [0, 0.1) is 0 Å². The highest BCUT2D eigenvalue weighted by Gasteiger charge is 2.22. The Morgan fingerprint density at radius 2 is 1.80 bits per heavy atom. The highest BCUT2D eigenvalue weighted by atomic mass is 32.1. The molecule has 0 radical (unpaired) electrons. The van der Waals surface area contributed by atoms with E-state index in [4.69, 9.17) is 0 Å². The summed E-state index contributed by atoms with van der Waals surface area (Å²) in [6.07, 6.45) is 4.55. The topological polar surface area (TPSA) is 20.2 Å². The van der Waals surface area contributed by atoms with Crippen molar-refractivity contribution in [3.05, 3.63) is 43.3 Å². The first-order valence-electron chi connectivity index (χ1n) is 7.35. The molecule has 0 aliphatic heterocycles. The van der Waals surface area contributed by atoms with Crippen LogP contribution in [0.2, 0.25) is 0 Å². The predicted octanol–water partition coefficient (Wildman–Crippen LogP) is 5.07. The van der Waals surface area contributed by atoms with Crippen LogP contribution in [-0.2, 0) is 18.3 Å². The van der Waals surface area contributed by atoms with Gasteiger partial charge >= 0.3 is 0 Å². The SMILES string of the molecule is CC(C)(C)c1ccc(C(O)c2cc3c(s2)CCCC3)s1. The lowest BCUT2D eigenvalue weighted by molar-refractivity contribution is 0.228. The van der Waals surface area contributed by atoms with Gasteiger partial charge in [0.2, 0.25) is 0 Å². The monoisotopic (exact) mass is 306 g/mol. The van der Waals surface area contributed by atoms with E-state index >= 15 is 0 Å². The third kappa shape index (κ3) is 2.72. The molecule has 3 rings (SSSR count). The van der Waals surface area contributed by atoms with E-state index in [1.54, 1.807) is 11.3 Å². The number of aliphatic hydroxyl groups is 1. The fourth-order valence-electron chi connectivity index (χ4n) is 2.69. The molecular weight excluding hydrogens is 284 g/mol. The van der Waals surface area contributed by atoms with Crippen molar-refractivity contribution in [3.63, 3.8) is 0 Å². The minimum Gasteiger partial charge on any atom is -0.382 e. The van der Waals surface area contributed by atoms with E-state index in [0.29, 0.717) is 0 Å². The summed E-state index contributed by atoms with van der Waals surface area (Å²) < 4.78 is 0. The van der Waals surface area contributed by atoms with Crippen LogP contribution in [0.1, 0.15) is 64.8 Å². The smallest absolute Gasteiger partial charge is 0.122 e. The Morgan fingerprint density at radius 3 is 2.45 bits per heavy atom. The van der Waals surface area contributed by atoms with Gasteiger partial charge in [-0.3, -0.25) is 0 Å². The molecule has 0 spiro atoms. The van der Waals surface area contributed by atoms with Crippen LogP contribution in [0.5, 0.6) is 0 Å². The average molecular weight is 306 g/mol. The number of aliphatic hydroxyl groups excluding tert-OH is 1. The molecule has 0 aromatic carbocycles. The van der Waals surface area contributed by atoms with Crippen molar-refractivity contribution < 1.29 is 5.11 Å². The molecule has 1 atom stereocenters. The summed E-state index contributed by atoms with van der Waals surface area (Å²) in [6, 6.07) is 6.49. The molecule has 3 heteroatoms. The number of rotatable bonds is 2. The molecule has 108 valence electrons. The van der Waals surface area contributed by atoms with Gasteiger partial charge < -0.3 is 5.11 Å². The normalized spacial score (nSPS) is 17.0. The molecule has 2 aromatic heterocycles. The third-order valence-corrected chi connectivity index (χ3v) is 6.77. The summed E-state index contributed by atoms with van der Waals surface area (Å²) in [4.78, 5) is 5.04. The largest absolute Gasteiger partial charge is 0.382 e. The van der Waals surface area contributed by atoms with Gasteiger partial charge in [-0.25, -0.2) is 0 Å². The summed E-state index contributed by atoms with van der Waals surface area (Å²) in [5, 5.41) is 10.6. The highest BCUT2D eigenvalue weighted by Crippen LogP contribution is 2.39. The number of aryl methyl sites for hydroxylation is 2. The summed E-state index contributed by atoms with van der Waals surface area (Å²) in [5.74, 6) is 0. The molecule has 0 fully saturated rings. The molecule has 0 saturated carbocycles. The number of fused-ring (bicyclic) bond motifs is 1. The van der Waals surface area contributed by atoms with Crippen molar-refractivity contribution in [1.29, 1.82) is 0 Å². The number of hydrogen-bond donors (Lipinski definition) is 1. The van der Waals surface area contributed by atoms with E-state index in [1.165, 1.54) is 41.0 Å². The molecule has 1 aliphatic carbocycles. The molecule has 1 nitrogen and oxygen atoms in total. The van der Waals surface area contributed by atoms with Gasteiger partial charge in [-0.15, -0.1) is 22.7 Å². The molecule has 1 aliphatic rings. The standard InChI is InChI=1S/C17H22OS2/c1-17(2,3)15-9-8-13(20-15)16(18)14-10-11-6-4-5-7-12(11)19-14/h8-10,16,18H,4-7H2,1-3H3. The van der Waals surface area contributed by atoms with Crippen molar-refractivity contribution in [2.45, 2.75) is 58.0 Å². The lowest BCUT2D eigenvalue weighted by Crippen LogP contribution is -2.07. The van der Waals surface area contributed by atoms with Gasteiger partial charge in [-0.05, 0) is 54.9 Å². The molecule has 0 bridgehead atoms. The van der Waals surface area contributed by atoms with Gasteiger partial charge in [0, 0.05) is 19.5 Å². The summed E-state index contributed by atoms with van der Waals surface area (Å²) in [6.45, 7) is 6.66. The van der Waals surface area contributed by atoms with E-state index in [1.807, 2.05) is 11.3 Å². The second kappa shape index (κ2) is 5.28. The van der Waals surface area contributed by atoms with Crippen molar-refractivity contribution in [1.82, 2.24) is 0 Å². The second-order valence-electron chi connectivity index (χ2n) is 6.66. The summed E-state index contributed by atoms with van der Waals surface area (Å²) in [5.41, 5.74) is 1.64. The zero-order valence-corrected chi connectivity index (χ0v) is 14.0. The summed E-state index contributed by atoms with van der Waals surface area (Å²) in [7, 11) is 0. The quantitative estimate of drug-likeness (QED) is 0.821. The van der Waals surface area contributed by atoms with Crippen molar-refractivity contribution in [2.24, 2.45) is 0 Å². The Hall–Kier alpha value is -0.640. The van der Waals surface area contributed by atoms with Crippen molar-refractivity contribution >= 4 is 22.7 Å².